The van der Waals surface area contributed by atoms with E-state index in [1.807, 2.05) is 6.07 Å². The number of benzene rings is 1. The highest BCUT2D eigenvalue weighted by Gasteiger charge is 2.32. The summed E-state index contributed by atoms with van der Waals surface area (Å²) in [6.07, 6.45) is 6.23. The predicted molar refractivity (Wildman–Crippen MR) is 96.3 cm³/mol. The number of hydrogen-bond donors (Lipinski definition) is 2. The molecule has 0 saturated heterocycles. The molecule has 1 amide bonds. The van der Waals surface area contributed by atoms with Gasteiger partial charge >= 0.3 is 0 Å². The van der Waals surface area contributed by atoms with E-state index in [4.69, 9.17) is 22.1 Å². The van der Waals surface area contributed by atoms with Crippen LogP contribution in [-0.4, -0.2) is 19.6 Å². The molecule has 0 atom stereocenters. The molecule has 2 rings (SSSR count). The molecule has 0 bridgehead atoms. The summed E-state index contributed by atoms with van der Waals surface area (Å²) >= 11 is 5.94. The Bertz CT molecular complexity index is 517. The molecule has 6 heteroatoms. The van der Waals surface area contributed by atoms with Gasteiger partial charge in [0.2, 0.25) is 5.91 Å². The van der Waals surface area contributed by atoms with Gasteiger partial charge in [-0.3, -0.25) is 4.79 Å². The first-order valence-corrected chi connectivity index (χ1v) is 8.25. The van der Waals surface area contributed by atoms with Crippen LogP contribution in [0, 0.1) is 5.41 Å². The molecule has 4 nitrogen and oxygen atoms in total. The molecule has 1 aromatic carbocycles. The zero-order chi connectivity index (χ0) is 16.0. The maximum Gasteiger partial charge on any atom is 0.220 e. The average molecular weight is 361 g/mol. The fraction of sp³-hybridized carbons (Fsp3) is 0.588. The molecule has 130 valence electrons. The summed E-state index contributed by atoms with van der Waals surface area (Å²) < 4.78 is 5.29. The summed E-state index contributed by atoms with van der Waals surface area (Å²) in [7, 11) is 1.60. The number of ether oxygens (including phenoxy) is 1. The van der Waals surface area contributed by atoms with Crippen LogP contribution in [0.3, 0.4) is 0 Å². The van der Waals surface area contributed by atoms with Crippen LogP contribution >= 0.6 is 24.0 Å². The number of carbonyl (C=O) groups is 1. The van der Waals surface area contributed by atoms with Crippen molar-refractivity contribution in [2.75, 3.05) is 13.7 Å². The van der Waals surface area contributed by atoms with Gasteiger partial charge in [0.25, 0.3) is 0 Å². The van der Waals surface area contributed by atoms with E-state index in [9.17, 15) is 4.79 Å². The fourth-order valence-electron chi connectivity index (χ4n) is 3.22. The normalized spacial score (nSPS) is 16.3. The summed E-state index contributed by atoms with van der Waals surface area (Å²) in [4.78, 5) is 12.3. The molecule has 1 saturated carbocycles. The molecule has 3 N–H and O–H groups in total. The van der Waals surface area contributed by atoms with Crippen LogP contribution < -0.4 is 15.8 Å². The number of carbonyl (C=O) groups excluding carboxylic acids is 1. The summed E-state index contributed by atoms with van der Waals surface area (Å²) in [5.74, 6) is 0.753. The van der Waals surface area contributed by atoms with E-state index >= 15 is 0 Å². The van der Waals surface area contributed by atoms with Gasteiger partial charge in [0.05, 0.1) is 7.11 Å². The Balaban J connectivity index is 0.00000264. The molecule has 0 aliphatic heterocycles. The average Bonchev–Trinajstić information content (AvgIpc) is 2.54. The first kappa shape index (κ1) is 20.1. The third kappa shape index (κ3) is 5.55. The summed E-state index contributed by atoms with van der Waals surface area (Å²) in [5.41, 5.74) is 6.86. The topological polar surface area (TPSA) is 64.3 Å². The second-order valence-corrected chi connectivity index (χ2v) is 6.61. The van der Waals surface area contributed by atoms with E-state index in [1.165, 1.54) is 19.3 Å². The molecule has 23 heavy (non-hydrogen) atoms. The van der Waals surface area contributed by atoms with E-state index < -0.39 is 0 Å². The molecule has 0 spiro atoms. The smallest absolute Gasteiger partial charge is 0.220 e. The van der Waals surface area contributed by atoms with Gasteiger partial charge in [-0.15, -0.1) is 12.4 Å². The number of amides is 1. The monoisotopic (exact) mass is 360 g/mol. The first-order valence-electron chi connectivity index (χ1n) is 7.88. The van der Waals surface area contributed by atoms with Gasteiger partial charge in [-0.05, 0) is 36.9 Å². The van der Waals surface area contributed by atoms with Gasteiger partial charge in [0, 0.05) is 23.6 Å². The lowest BCUT2D eigenvalue weighted by Crippen LogP contribution is -2.38. The number of halogens is 2. The lowest BCUT2D eigenvalue weighted by molar-refractivity contribution is -0.124. The van der Waals surface area contributed by atoms with E-state index in [0.717, 1.165) is 18.4 Å². The van der Waals surface area contributed by atoms with E-state index in [-0.39, 0.29) is 23.7 Å². The molecule has 0 heterocycles. The molecule has 0 aromatic heterocycles. The quantitative estimate of drug-likeness (QED) is 0.812. The van der Waals surface area contributed by atoms with Crippen molar-refractivity contribution in [3.63, 3.8) is 0 Å². The van der Waals surface area contributed by atoms with Crippen LogP contribution in [-0.2, 0) is 11.3 Å². The SMILES string of the molecule is COc1cc(Cl)ccc1CNC(=O)CC1(CN)CCCCC1.Cl. The number of rotatable bonds is 6. The highest BCUT2D eigenvalue weighted by Crippen LogP contribution is 2.38. The molecule has 1 aromatic rings. The van der Waals surface area contributed by atoms with Crippen molar-refractivity contribution in [3.8, 4) is 5.75 Å². The molecule has 1 fully saturated rings. The fourth-order valence-corrected chi connectivity index (χ4v) is 3.38. The van der Waals surface area contributed by atoms with Crippen LogP contribution in [0.2, 0.25) is 5.02 Å². The van der Waals surface area contributed by atoms with Gasteiger partial charge in [0.1, 0.15) is 5.75 Å². The highest BCUT2D eigenvalue weighted by atomic mass is 35.5. The summed E-state index contributed by atoms with van der Waals surface area (Å²) in [6.45, 7) is 1.03. The van der Waals surface area contributed by atoms with Crippen LogP contribution in [0.1, 0.15) is 44.1 Å². The Hall–Kier alpha value is -0.970. The second kappa shape index (κ2) is 9.36. The van der Waals surface area contributed by atoms with Gasteiger partial charge in [-0.2, -0.15) is 0 Å². The molecule has 1 aliphatic rings. The highest BCUT2D eigenvalue weighted by molar-refractivity contribution is 6.30. The van der Waals surface area contributed by atoms with Crippen LogP contribution in [0.4, 0.5) is 0 Å². The summed E-state index contributed by atoms with van der Waals surface area (Å²) in [5, 5.41) is 3.60. The summed E-state index contributed by atoms with van der Waals surface area (Å²) in [6, 6.07) is 5.43. The predicted octanol–water partition coefficient (Wildman–Crippen LogP) is 3.69. The second-order valence-electron chi connectivity index (χ2n) is 6.17. The molecule has 0 unspecified atom stereocenters. The van der Waals surface area contributed by atoms with Crippen molar-refractivity contribution in [1.29, 1.82) is 0 Å². The lowest BCUT2D eigenvalue weighted by Gasteiger charge is -2.35. The van der Waals surface area contributed by atoms with Crippen LogP contribution in [0.15, 0.2) is 18.2 Å². The largest absolute Gasteiger partial charge is 0.496 e. The standard InChI is InChI=1S/C17H25ClN2O2.ClH/c1-22-15-9-14(18)6-5-13(15)11-20-16(21)10-17(12-19)7-3-2-4-8-17;/h5-6,9H,2-4,7-8,10-12,19H2,1H3,(H,20,21);1H. The maximum absolute atomic E-state index is 12.3. The number of nitrogens with two attached hydrogens (primary N) is 1. The Morgan fingerprint density at radius 1 is 1.35 bits per heavy atom. The van der Waals surface area contributed by atoms with Crippen molar-refractivity contribution in [2.24, 2.45) is 11.1 Å². The zero-order valence-corrected chi connectivity index (χ0v) is 15.1. The minimum atomic E-state index is -0.00752. The Morgan fingerprint density at radius 3 is 2.65 bits per heavy atom. The first-order chi connectivity index (χ1) is 10.6. The minimum Gasteiger partial charge on any atom is -0.496 e. The molecular formula is C17H26Cl2N2O2. The number of methoxy groups -OCH3 is 1. The maximum atomic E-state index is 12.3. The lowest BCUT2D eigenvalue weighted by atomic mass is 9.71. The Morgan fingerprint density at radius 2 is 2.04 bits per heavy atom. The minimum absolute atomic E-state index is 0. The van der Waals surface area contributed by atoms with E-state index in [1.54, 1.807) is 19.2 Å². The van der Waals surface area contributed by atoms with Gasteiger partial charge in [0.15, 0.2) is 0 Å². The third-order valence-corrected chi connectivity index (χ3v) is 4.84. The molecular weight excluding hydrogens is 335 g/mol. The van der Waals surface area contributed by atoms with Crippen molar-refractivity contribution in [2.45, 2.75) is 45.1 Å². The van der Waals surface area contributed by atoms with Gasteiger partial charge in [-0.1, -0.05) is 36.9 Å². The van der Waals surface area contributed by atoms with Crippen LogP contribution in [0.5, 0.6) is 5.75 Å². The Labute approximate surface area is 149 Å². The van der Waals surface area contributed by atoms with E-state index in [2.05, 4.69) is 5.32 Å². The van der Waals surface area contributed by atoms with Crippen molar-refractivity contribution in [3.05, 3.63) is 28.8 Å². The van der Waals surface area contributed by atoms with Crippen LogP contribution in [0.25, 0.3) is 0 Å². The number of nitrogens with one attached hydrogen (secondary N) is 1. The molecule has 0 radical (unpaired) electrons. The molecule has 1 aliphatic carbocycles. The number of hydrogen-bond acceptors (Lipinski definition) is 3. The van der Waals surface area contributed by atoms with E-state index in [0.29, 0.717) is 30.3 Å². The third-order valence-electron chi connectivity index (χ3n) is 4.61. The zero-order valence-electron chi connectivity index (χ0n) is 13.6. The Kier molecular flexibility index (Phi) is 8.17. The van der Waals surface area contributed by atoms with Crippen molar-refractivity contribution < 1.29 is 9.53 Å². The van der Waals surface area contributed by atoms with Gasteiger partial charge < -0.3 is 15.8 Å². The van der Waals surface area contributed by atoms with Crippen molar-refractivity contribution in [1.82, 2.24) is 5.32 Å². The van der Waals surface area contributed by atoms with Crippen molar-refractivity contribution >= 4 is 29.9 Å². The van der Waals surface area contributed by atoms with Gasteiger partial charge in [-0.25, -0.2) is 0 Å².